The molecule has 1 aromatic rings. The Hall–Kier alpha value is -0.970. The van der Waals surface area contributed by atoms with Crippen LogP contribution in [-0.2, 0) is 11.2 Å². The van der Waals surface area contributed by atoms with Crippen LogP contribution in [0, 0.1) is 5.92 Å². The highest BCUT2D eigenvalue weighted by Gasteiger charge is 2.23. The van der Waals surface area contributed by atoms with E-state index >= 15 is 0 Å². The Morgan fingerprint density at radius 3 is 3.11 bits per heavy atom. The molecule has 1 aliphatic heterocycles. The number of nitrogens with two attached hydrogens (primary N) is 1. The smallest absolute Gasteiger partial charge is 0.0510 e. The highest BCUT2D eigenvalue weighted by Crippen LogP contribution is 2.15. The summed E-state index contributed by atoms with van der Waals surface area (Å²) in [6, 6.07) is 6.27. The molecule has 0 aromatic carbocycles. The van der Waals surface area contributed by atoms with E-state index in [1.54, 1.807) is 0 Å². The molecule has 18 heavy (non-hydrogen) atoms. The van der Waals surface area contributed by atoms with E-state index < -0.39 is 0 Å². The van der Waals surface area contributed by atoms with Crippen molar-refractivity contribution in [3.63, 3.8) is 0 Å². The van der Waals surface area contributed by atoms with E-state index in [1.165, 1.54) is 0 Å². The molecule has 2 heterocycles. The monoisotopic (exact) mass is 249 g/mol. The lowest BCUT2D eigenvalue weighted by Crippen LogP contribution is -2.41. The second-order valence-electron chi connectivity index (χ2n) is 5.12. The largest absolute Gasteiger partial charge is 0.381 e. The molecular weight excluding hydrogens is 226 g/mol. The fourth-order valence-electron chi connectivity index (χ4n) is 2.34. The van der Waals surface area contributed by atoms with Crippen molar-refractivity contribution in [3.05, 3.63) is 30.1 Å². The van der Waals surface area contributed by atoms with Gasteiger partial charge in [-0.15, -0.1) is 0 Å². The summed E-state index contributed by atoms with van der Waals surface area (Å²) in [6.07, 6.45) is 3.93. The third-order valence-corrected chi connectivity index (χ3v) is 3.57. The summed E-state index contributed by atoms with van der Waals surface area (Å²) in [4.78, 5) is 6.62. The summed E-state index contributed by atoms with van der Waals surface area (Å²) in [5.74, 6) is 0.530. The van der Waals surface area contributed by atoms with Crippen LogP contribution in [-0.4, -0.2) is 49.3 Å². The molecule has 1 aromatic heterocycles. The number of hydrogen-bond donors (Lipinski definition) is 1. The molecular formula is C14H23N3O. The lowest BCUT2D eigenvalue weighted by molar-refractivity contribution is 0.174. The van der Waals surface area contributed by atoms with Gasteiger partial charge in [-0.2, -0.15) is 0 Å². The fraction of sp³-hybridized carbons (Fsp3) is 0.643. The van der Waals surface area contributed by atoms with E-state index in [1.807, 2.05) is 18.3 Å². The Kier molecular flexibility index (Phi) is 5.11. The van der Waals surface area contributed by atoms with Gasteiger partial charge >= 0.3 is 0 Å². The summed E-state index contributed by atoms with van der Waals surface area (Å²) in [7, 11) is 2.12. The van der Waals surface area contributed by atoms with Crippen molar-refractivity contribution in [2.75, 3.05) is 33.4 Å². The van der Waals surface area contributed by atoms with Crippen molar-refractivity contribution in [1.29, 1.82) is 0 Å². The van der Waals surface area contributed by atoms with Crippen LogP contribution >= 0.6 is 0 Å². The van der Waals surface area contributed by atoms with Gasteiger partial charge in [0.15, 0.2) is 0 Å². The molecule has 2 atom stereocenters. The average Bonchev–Trinajstić information content (AvgIpc) is 2.91. The average molecular weight is 249 g/mol. The van der Waals surface area contributed by atoms with Crippen LogP contribution in [0.15, 0.2) is 24.4 Å². The quantitative estimate of drug-likeness (QED) is 0.814. The Labute approximate surface area is 109 Å². The minimum absolute atomic E-state index is 0.223. The summed E-state index contributed by atoms with van der Waals surface area (Å²) < 4.78 is 5.38. The Bertz CT molecular complexity index is 338. The Balaban J connectivity index is 1.70. The van der Waals surface area contributed by atoms with Gasteiger partial charge in [0.1, 0.15) is 0 Å². The van der Waals surface area contributed by atoms with Gasteiger partial charge in [0, 0.05) is 50.0 Å². The molecule has 0 saturated carbocycles. The van der Waals surface area contributed by atoms with E-state index in [4.69, 9.17) is 10.5 Å². The summed E-state index contributed by atoms with van der Waals surface area (Å²) in [5, 5.41) is 0. The van der Waals surface area contributed by atoms with Crippen molar-refractivity contribution < 1.29 is 4.74 Å². The third kappa shape index (κ3) is 4.05. The van der Waals surface area contributed by atoms with E-state index in [9.17, 15) is 0 Å². The number of pyridine rings is 1. The van der Waals surface area contributed by atoms with Crippen molar-refractivity contribution in [2.45, 2.75) is 18.9 Å². The fourth-order valence-corrected chi connectivity index (χ4v) is 2.34. The molecule has 1 aliphatic rings. The van der Waals surface area contributed by atoms with Gasteiger partial charge < -0.3 is 15.4 Å². The van der Waals surface area contributed by atoms with Crippen LogP contribution in [0.5, 0.6) is 0 Å². The first-order valence-corrected chi connectivity index (χ1v) is 6.67. The number of rotatable bonds is 6. The molecule has 0 bridgehead atoms. The number of ether oxygens (including phenoxy) is 1. The van der Waals surface area contributed by atoms with Crippen LogP contribution in [0.1, 0.15) is 12.1 Å². The number of nitrogens with zero attached hydrogens (tertiary/aromatic N) is 2. The van der Waals surface area contributed by atoms with Gasteiger partial charge in [0.05, 0.1) is 6.61 Å². The molecule has 2 unspecified atom stereocenters. The second kappa shape index (κ2) is 6.83. The Morgan fingerprint density at radius 2 is 2.44 bits per heavy atom. The lowest BCUT2D eigenvalue weighted by atomic mass is 9.99. The van der Waals surface area contributed by atoms with Gasteiger partial charge in [-0.3, -0.25) is 4.98 Å². The molecule has 4 heteroatoms. The first kappa shape index (κ1) is 13.5. The highest BCUT2D eigenvalue weighted by molar-refractivity contribution is 5.03. The minimum Gasteiger partial charge on any atom is -0.381 e. The number of hydrogen-bond acceptors (Lipinski definition) is 4. The molecule has 0 amide bonds. The highest BCUT2D eigenvalue weighted by atomic mass is 16.5. The third-order valence-electron chi connectivity index (χ3n) is 3.57. The molecule has 2 rings (SSSR count). The maximum absolute atomic E-state index is 6.21. The zero-order chi connectivity index (χ0) is 12.8. The molecule has 0 radical (unpaired) electrons. The van der Waals surface area contributed by atoms with E-state index in [-0.39, 0.29) is 6.04 Å². The summed E-state index contributed by atoms with van der Waals surface area (Å²) in [6.45, 7) is 3.63. The predicted molar refractivity (Wildman–Crippen MR) is 72.3 cm³/mol. The predicted octanol–water partition coefficient (Wildman–Crippen LogP) is 0.920. The first-order chi connectivity index (χ1) is 8.75. The molecule has 0 spiro atoms. The van der Waals surface area contributed by atoms with Crippen LogP contribution in [0.4, 0.5) is 0 Å². The van der Waals surface area contributed by atoms with E-state index in [2.05, 4.69) is 23.0 Å². The SMILES string of the molecule is CN(CCc1ccccn1)CC(N)C1CCOC1. The second-order valence-corrected chi connectivity index (χ2v) is 5.12. The van der Waals surface area contributed by atoms with E-state index in [0.29, 0.717) is 5.92 Å². The number of likely N-dealkylation sites (N-methyl/N-ethyl adjacent to an activating group) is 1. The molecule has 100 valence electrons. The summed E-state index contributed by atoms with van der Waals surface area (Å²) in [5.41, 5.74) is 7.35. The maximum atomic E-state index is 6.21. The summed E-state index contributed by atoms with van der Waals surface area (Å²) >= 11 is 0. The molecule has 1 fully saturated rings. The van der Waals surface area contributed by atoms with Gasteiger partial charge in [0.25, 0.3) is 0 Å². The topological polar surface area (TPSA) is 51.4 Å². The van der Waals surface area contributed by atoms with Gasteiger partial charge in [-0.1, -0.05) is 6.07 Å². The number of aromatic nitrogens is 1. The van der Waals surface area contributed by atoms with Gasteiger partial charge in [0.2, 0.25) is 0 Å². The van der Waals surface area contributed by atoms with Crippen molar-refractivity contribution in [1.82, 2.24) is 9.88 Å². The minimum atomic E-state index is 0.223. The first-order valence-electron chi connectivity index (χ1n) is 6.67. The van der Waals surface area contributed by atoms with Crippen molar-refractivity contribution >= 4 is 0 Å². The van der Waals surface area contributed by atoms with Crippen molar-refractivity contribution in [3.8, 4) is 0 Å². The molecule has 0 aliphatic carbocycles. The van der Waals surface area contributed by atoms with Gasteiger partial charge in [-0.05, 0) is 25.6 Å². The lowest BCUT2D eigenvalue weighted by Gasteiger charge is -2.24. The molecule has 1 saturated heterocycles. The zero-order valence-electron chi connectivity index (χ0n) is 11.1. The van der Waals surface area contributed by atoms with Gasteiger partial charge in [-0.25, -0.2) is 0 Å². The van der Waals surface area contributed by atoms with Crippen LogP contribution < -0.4 is 5.73 Å². The van der Waals surface area contributed by atoms with Crippen LogP contribution in [0.3, 0.4) is 0 Å². The Morgan fingerprint density at radius 1 is 1.56 bits per heavy atom. The maximum Gasteiger partial charge on any atom is 0.0510 e. The van der Waals surface area contributed by atoms with Crippen LogP contribution in [0.25, 0.3) is 0 Å². The normalized spacial score (nSPS) is 21.4. The molecule has 4 nitrogen and oxygen atoms in total. The van der Waals surface area contributed by atoms with Crippen LogP contribution in [0.2, 0.25) is 0 Å². The van der Waals surface area contributed by atoms with Crippen molar-refractivity contribution in [2.24, 2.45) is 11.7 Å². The standard InChI is InChI=1S/C14H23N3O/c1-17(8-5-13-4-2-3-7-16-13)10-14(15)12-6-9-18-11-12/h2-4,7,12,14H,5-6,8-11,15H2,1H3. The zero-order valence-corrected chi connectivity index (χ0v) is 11.1. The molecule has 2 N–H and O–H groups in total. The van der Waals surface area contributed by atoms with E-state index in [0.717, 1.165) is 44.8 Å².